The molecule has 122 valence electrons. The van der Waals surface area contributed by atoms with E-state index in [4.69, 9.17) is 4.74 Å². The predicted molar refractivity (Wildman–Crippen MR) is 89.8 cm³/mol. The molecule has 2 aromatic rings. The van der Waals surface area contributed by atoms with Gasteiger partial charge in [0.25, 0.3) is 0 Å². The maximum absolute atomic E-state index is 12.0. The Labute approximate surface area is 138 Å². The van der Waals surface area contributed by atoms with Crippen molar-refractivity contribution in [2.45, 2.75) is 19.8 Å². The Morgan fingerprint density at radius 3 is 2.52 bits per heavy atom. The van der Waals surface area contributed by atoms with Crippen LogP contribution in [0.2, 0.25) is 0 Å². The van der Waals surface area contributed by atoms with Crippen LogP contribution in [0.25, 0.3) is 0 Å². The van der Waals surface area contributed by atoms with Crippen LogP contribution in [0.4, 0.5) is 9.93 Å². The fourth-order valence-corrected chi connectivity index (χ4v) is 2.84. The van der Waals surface area contributed by atoms with Gasteiger partial charge in [0.05, 0.1) is 18.7 Å². The molecule has 1 aromatic carbocycles. The molecule has 7 heteroatoms. The smallest absolute Gasteiger partial charge is 0.321 e. The number of thiazole rings is 1. The average molecular weight is 333 g/mol. The minimum absolute atomic E-state index is 0.145. The minimum Gasteiger partial charge on any atom is -0.468 e. The van der Waals surface area contributed by atoms with Crippen LogP contribution in [0.5, 0.6) is 0 Å². The molecule has 1 unspecified atom stereocenters. The van der Waals surface area contributed by atoms with Gasteiger partial charge in [0.2, 0.25) is 0 Å². The van der Waals surface area contributed by atoms with Gasteiger partial charge in [-0.3, -0.25) is 10.1 Å². The molecule has 6 nitrogen and oxygen atoms in total. The van der Waals surface area contributed by atoms with Crippen LogP contribution in [0.1, 0.15) is 22.1 Å². The predicted octanol–water partition coefficient (Wildman–Crippen LogP) is 2.84. The Balaban J connectivity index is 1.98. The fourth-order valence-electron chi connectivity index (χ4n) is 2.03. The summed E-state index contributed by atoms with van der Waals surface area (Å²) in [6.07, 6.45) is 0. The van der Waals surface area contributed by atoms with Crippen molar-refractivity contribution in [3.63, 3.8) is 0 Å². The van der Waals surface area contributed by atoms with Crippen molar-refractivity contribution in [2.75, 3.05) is 19.0 Å². The zero-order chi connectivity index (χ0) is 16.8. The Morgan fingerprint density at radius 1 is 1.26 bits per heavy atom. The fraction of sp³-hybridized carbons (Fsp3) is 0.312. The number of ether oxygens (including phenoxy) is 1. The Kier molecular flexibility index (Phi) is 5.70. The van der Waals surface area contributed by atoms with Crippen LogP contribution >= 0.6 is 11.3 Å². The zero-order valence-corrected chi connectivity index (χ0v) is 14.1. The molecular formula is C16H19N3O3S. The summed E-state index contributed by atoms with van der Waals surface area (Å²) in [6.45, 7) is 3.97. The van der Waals surface area contributed by atoms with E-state index in [2.05, 4.69) is 15.6 Å². The number of hydrogen-bond donors (Lipinski definition) is 2. The van der Waals surface area contributed by atoms with E-state index < -0.39 is 17.9 Å². The molecule has 0 saturated heterocycles. The Hall–Kier alpha value is -2.41. The molecule has 0 fully saturated rings. The number of urea groups is 1. The lowest BCUT2D eigenvalue weighted by Crippen LogP contribution is -2.35. The van der Waals surface area contributed by atoms with E-state index in [-0.39, 0.29) is 6.54 Å². The zero-order valence-electron chi connectivity index (χ0n) is 13.3. The highest BCUT2D eigenvalue weighted by Gasteiger charge is 2.22. The van der Waals surface area contributed by atoms with Gasteiger partial charge >= 0.3 is 12.0 Å². The number of rotatable bonds is 5. The number of methoxy groups -OCH3 is 1. The first-order valence-corrected chi connectivity index (χ1v) is 7.94. The van der Waals surface area contributed by atoms with Gasteiger partial charge in [-0.1, -0.05) is 30.3 Å². The monoisotopic (exact) mass is 333 g/mol. The number of carbonyl (C=O) groups excluding carboxylic acids is 2. The maximum atomic E-state index is 12.0. The quantitative estimate of drug-likeness (QED) is 0.825. The summed E-state index contributed by atoms with van der Waals surface area (Å²) in [6, 6.07) is 8.80. The van der Waals surface area contributed by atoms with Crippen LogP contribution < -0.4 is 10.6 Å². The second-order valence-electron chi connectivity index (χ2n) is 4.98. The normalized spacial score (nSPS) is 11.6. The molecule has 23 heavy (non-hydrogen) atoms. The molecular weight excluding hydrogens is 314 g/mol. The third-order valence-corrected chi connectivity index (χ3v) is 4.39. The summed E-state index contributed by atoms with van der Waals surface area (Å²) < 4.78 is 4.82. The van der Waals surface area contributed by atoms with Gasteiger partial charge in [-0.15, -0.1) is 11.3 Å². The summed E-state index contributed by atoms with van der Waals surface area (Å²) in [4.78, 5) is 29.2. The number of anilines is 1. The first kappa shape index (κ1) is 17.0. The van der Waals surface area contributed by atoms with E-state index >= 15 is 0 Å². The molecule has 0 radical (unpaired) electrons. The van der Waals surface area contributed by atoms with Crippen molar-refractivity contribution >= 4 is 28.5 Å². The molecule has 0 aliphatic rings. The van der Waals surface area contributed by atoms with Crippen molar-refractivity contribution in [3.8, 4) is 0 Å². The molecule has 1 aromatic heterocycles. The first-order valence-electron chi connectivity index (χ1n) is 7.13. The number of hydrogen-bond acceptors (Lipinski definition) is 5. The van der Waals surface area contributed by atoms with E-state index in [1.54, 1.807) is 0 Å². The molecule has 0 bridgehead atoms. The number of nitrogens with one attached hydrogen (secondary N) is 2. The highest BCUT2D eigenvalue weighted by atomic mass is 32.1. The third kappa shape index (κ3) is 4.53. The van der Waals surface area contributed by atoms with Crippen molar-refractivity contribution in [2.24, 2.45) is 0 Å². The molecule has 1 atom stereocenters. The molecule has 2 rings (SSSR count). The van der Waals surface area contributed by atoms with Gasteiger partial charge in [-0.05, 0) is 19.4 Å². The van der Waals surface area contributed by atoms with Gasteiger partial charge in [-0.25, -0.2) is 9.78 Å². The second kappa shape index (κ2) is 7.73. The highest BCUT2D eigenvalue weighted by molar-refractivity contribution is 7.15. The number of amides is 2. The number of aryl methyl sites for hydroxylation is 2. The standard InChI is InChI=1S/C16H19N3O3S/c1-10-11(2)23-16(18-10)19-15(21)17-9-13(14(20)22-3)12-7-5-4-6-8-12/h4-8,13H,9H2,1-3H3,(H2,17,18,19,21). The van der Waals surface area contributed by atoms with Gasteiger partial charge < -0.3 is 10.1 Å². The molecule has 0 aliphatic heterocycles. The topological polar surface area (TPSA) is 80.3 Å². The van der Waals surface area contributed by atoms with E-state index in [0.29, 0.717) is 5.13 Å². The Morgan fingerprint density at radius 2 is 1.96 bits per heavy atom. The second-order valence-corrected chi connectivity index (χ2v) is 6.19. The summed E-state index contributed by atoms with van der Waals surface area (Å²) in [5.41, 5.74) is 1.68. The lowest BCUT2D eigenvalue weighted by molar-refractivity contribution is -0.142. The van der Waals surface area contributed by atoms with Crippen molar-refractivity contribution in [3.05, 3.63) is 46.5 Å². The molecule has 2 amide bonds. The van der Waals surface area contributed by atoms with Crippen molar-refractivity contribution < 1.29 is 14.3 Å². The van der Waals surface area contributed by atoms with E-state index in [1.165, 1.54) is 18.4 Å². The number of benzene rings is 1. The van der Waals surface area contributed by atoms with Gasteiger partial charge in [0, 0.05) is 11.4 Å². The number of nitrogens with zero attached hydrogens (tertiary/aromatic N) is 1. The maximum Gasteiger partial charge on any atom is 0.321 e. The number of carbonyl (C=O) groups is 2. The van der Waals surface area contributed by atoms with Gasteiger partial charge in [-0.2, -0.15) is 0 Å². The molecule has 2 N–H and O–H groups in total. The van der Waals surface area contributed by atoms with Gasteiger partial charge in [0.15, 0.2) is 5.13 Å². The van der Waals surface area contributed by atoms with E-state index in [9.17, 15) is 9.59 Å². The SMILES string of the molecule is COC(=O)C(CNC(=O)Nc1nc(C)c(C)s1)c1ccccc1. The van der Waals surface area contributed by atoms with E-state index in [1.807, 2.05) is 44.2 Å². The third-order valence-electron chi connectivity index (χ3n) is 3.40. The first-order chi connectivity index (χ1) is 11.0. The molecule has 0 saturated carbocycles. The van der Waals surface area contributed by atoms with Crippen LogP contribution in [0.15, 0.2) is 30.3 Å². The largest absolute Gasteiger partial charge is 0.468 e. The summed E-state index contributed by atoms with van der Waals surface area (Å²) in [5.74, 6) is -0.941. The van der Waals surface area contributed by atoms with Crippen molar-refractivity contribution in [1.82, 2.24) is 10.3 Å². The molecule has 1 heterocycles. The number of aromatic nitrogens is 1. The van der Waals surface area contributed by atoms with E-state index in [0.717, 1.165) is 16.1 Å². The lowest BCUT2D eigenvalue weighted by atomic mass is 9.99. The summed E-state index contributed by atoms with van der Waals surface area (Å²) in [7, 11) is 1.33. The Bertz CT molecular complexity index is 666. The lowest BCUT2D eigenvalue weighted by Gasteiger charge is -2.15. The molecule has 0 spiro atoms. The summed E-state index contributed by atoms with van der Waals surface area (Å²) in [5, 5.41) is 5.90. The van der Waals surface area contributed by atoms with Gasteiger partial charge in [0.1, 0.15) is 0 Å². The van der Waals surface area contributed by atoms with Crippen LogP contribution in [0.3, 0.4) is 0 Å². The highest BCUT2D eigenvalue weighted by Crippen LogP contribution is 2.21. The van der Waals surface area contributed by atoms with Crippen LogP contribution in [0, 0.1) is 13.8 Å². The number of esters is 1. The van der Waals surface area contributed by atoms with Crippen LogP contribution in [-0.4, -0.2) is 30.6 Å². The van der Waals surface area contributed by atoms with Crippen LogP contribution in [-0.2, 0) is 9.53 Å². The average Bonchev–Trinajstić information content (AvgIpc) is 2.86. The van der Waals surface area contributed by atoms with Crippen molar-refractivity contribution in [1.29, 1.82) is 0 Å². The summed E-state index contributed by atoms with van der Waals surface area (Å²) >= 11 is 1.41. The minimum atomic E-state index is -0.549. The molecule has 0 aliphatic carbocycles.